The van der Waals surface area contributed by atoms with Crippen LogP contribution in [0.25, 0.3) is 16.8 Å². The number of fused-ring (bicyclic) bond motifs is 1. The molecule has 4 aromatic rings. The molecule has 0 aliphatic heterocycles. The highest BCUT2D eigenvalue weighted by Crippen LogP contribution is 2.27. The maximum atomic E-state index is 12.3. The van der Waals surface area contributed by atoms with Gasteiger partial charge in [-0.05, 0) is 41.0 Å². The maximum Gasteiger partial charge on any atom is 0.573 e. The summed E-state index contributed by atoms with van der Waals surface area (Å²) in [6, 6.07) is 19.1. The zero-order valence-corrected chi connectivity index (χ0v) is 15.1. The summed E-state index contributed by atoms with van der Waals surface area (Å²) in [5.74, 6) is 0.372. The molecule has 0 aliphatic rings. The minimum atomic E-state index is -4.71. The van der Waals surface area contributed by atoms with E-state index in [-0.39, 0.29) is 12.4 Å². The Morgan fingerprint density at radius 2 is 1.52 bits per heavy atom. The number of rotatable bonds is 6. The number of nitrogens with zero attached hydrogens (tertiary/aromatic N) is 3. The van der Waals surface area contributed by atoms with E-state index in [2.05, 4.69) is 14.9 Å². The minimum Gasteiger partial charge on any atom is -0.406 e. The van der Waals surface area contributed by atoms with E-state index >= 15 is 0 Å². The average Bonchev–Trinajstić information content (AvgIpc) is 3.10. The van der Waals surface area contributed by atoms with Crippen LogP contribution in [0.2, 0.25) is 0 Å². The van der Waals surface area contributed by atoms with Crippen molar-refractivity contribution in [2.24, 2.45) is 0 Å². The van der Waals surface area contributed by atoms with Gasteiger partial charge < -0.3 is 9.47 Å². The highest BCUT2D eigenvalue weighted by molar-refractivity contribution is 5.65. The van der Waals surface area contributed by atoms with Crippen molar-refractivity contribution in [3.8, 4) is 16.9 Å². The first-order valence-corrected chi connectivity index (χ1v) is 8.79. The van der Waals surface area contributed by atoms with Crippen molar-refractivity contribution in [2.45, 2.75) is 19.6 Å². The van der Waals surface area contributed by atoms with Gasteiger partial charge in [-0.1, -0.05) is 42.5 Å². The third kappa shape index (κ3) is 4.72. The highest BCUT2D eigenvalue weighted by Gasteiger charge is 2.30. The molecule has 29 heavy (non-hydrogen) atoms. The van der Waals surface area contributed by atoms with Gasteiger partial charge in [-0.25, -0.2) is 0 Å². The van der Waals surface area contributed by atoms with Crippen LogP contribution in [0.3, 0.4) is 0 Å². The van der Waals surface area contributed by atoms with E-state index in [1.807, 2.05) is 42.6 Å². The van der Waals surface area contributed by atoms with E-state index in [0.717, 1.165) is 16.7 Å². The summed E-state index contributed by atoms with van der Waals surface area (Å²) in [5.41, 5.74) is 3.26. The fourth-order valence-electron chi connectivity index (χ4n) is 2.89. The Hall–Kier alpha value is -3.39. The maximum absolute atomic E-state index is 12.3. The predicted octanol–water partition coefficient (Wildman–Crippen LogP) is 5.01. The van der Waals surface area contributed by atoms with Crippen LogP contribution in [0, 0.1) is 0 Å². The summed E-state index contributed by atoms with van der Waals surface area (Å²) in [6.45, 7) is 0.730. The van der Waals surface area contributed by atoms with Crippen LogP contribution in [0.15, 0.2) is 72.9 Å². The monoisotopic (exact) mass is 399 g/mol. The van der Waals surface area contributed by atoms with Gasteiger partial charge in [0.05, 0.1) is 6.61 Å². The Kier molecular flexibility index (Phi) is 5.18. The molecule has 0 bridgehead atoms. The Labute approximate surface area is 164 Å². The lowest BCUT2D eigenvalue weighted by molar-refractivity contribution is -0.274. The smallest absolute Gasteiger partial charge is 0.406 e. The Morgan fingerprint density at radius 3 is 2.24 bits per heavy atom. The largest absolute Gasteiger partial charge is 0.573 e. The predicted molar refractivity (Wildman–Crippen MR) is 100 cm³/mol. The fourth-order valence-corrected chi connectivity index (χ4v) is 2.89. The van der Waals surface area contributed by atoms with Crippen molar-refractivity contribution in [2.75, 3.05) is 0 Å². The average molecular weight is 399 g/mol. The van der Waals surface area contributed by atoms with E-state index in [4.69, 9.17) is 4.74 Å². The number of halogens is 3. The van der Waals surface area contributed by atoms with Crippen LogP contribution < -0.4 is 4.74 Å². The lowest BCUT2D eigenvalue weighted by Crippen LogP contribution is -2.16. The number of pyridine rings is 1. The molecule has 2 heterocycles. The molecule has 0 N–H and O–H groups in total. The number of alkyl halides is 3. The van der Waals surface area contributed by atoms with Gasteiger partial charge in [0.2, 0.25) is 0 Å². The first-order valence-electron chi connectivity index (χ1n) is 8.79. The van der Waals surface area contributed by atoms with Gasteiger partial charge in [0, 0.05) is 6.20 Å². The second-order valence-electron chi connectivity index (χ2n) is 6.31. The summed E-state index contributed by atoms with van der Waals surface area (Å²) < 4.78 is 48.4. The molecule has 2 aromatic heterocycles. The number of benzene rings is 2. The quantitative estimate of drug-likeness (QED) is 0.457. The molecular formula is C21H16F3N3O2. The van der Waals surface area contributed by atoms with E-state index in [0.29, 0.717) is 18.1 Å². The van der Waals surface area contributed by atoms with Crippen LogP contribution in [0.4, 0.5) is 13.2 Å². The van der Waals surface area contributed by atoms with Crippen LogP contribution in [-0.2, 0) is 18.0 Å². The molecule has 0 saturated carbocycles. The minimum absolute atomic E-state index is 0.262. The van der Waals surface area contributed by atoms with Gasteiger partial charge >= 0.3 is 6.36 Å². The van der Waals surface area contributed by atoms with Crippen LogP contribution in [0.5, 0.6) is 5.75 Å². The molecule has 2 aromatic carbocycles. The van der Waals surface area contributed by atoms with Crippen molar-refractivity contribution >= 4 is 5.65 Å². The van der Waals surface area contributed by atoms with Crippen molar-refractivity contribution in [1.82, 2.24) is 14.6 Å². The molecule has 0 unspecified atom stereocenters. The van der Waals surface area contributed by atoms with Crippen molar-refractivity contribution in [1.29, 1.82) is 0 Å². The first kappa shape index (κ1) is 18.9. The molecule has 0 atom stereocenters. The fraction of sp³-hybridized carbons (Fsp3) is 0.143. The van der Waals surface area contributed by atoms with Gasteiger partial charge in [-0.3, -0.25) is 4.40 Å². The molecule has 4 rings (SSSR count). The zero-order valence-electron chi connectivity index (χ0n) is 15.1. The molecule has 0 spiro atoms. The van der Waals surface area contributed by atoms with Gasteiger partial charge in [-0.15, -0.1) is 23.4 Å². The molecule has 148 valence electrons. The summed E-state index contributed by atoms with van der Waals surface area (Å²) in [4.78, 5) is 0. The molecule has 0 saturated heterocycles. The normalized spacial score (nSPS) is 11.7. The van der Waals surface area contributed by atoms with Gasteiger partial charge in [0.15, 0.2) is 11.5 Å². The summed E-state index contributed by atoms with van der Waals surface area (Å²) >= 11 is 0. The molecule has 8 heteroatoms. The van der Waals surface area contributed by atoms with Crippen molar-refractivity contribution in [3.05, 3.63) is 84.3 Å². The van der Waals surface area contributed by atoms with Gasteiger partial charge in [0.25, 0.3) is 0 Å². The van der Waals surface area contributed by atoms with Crippen LogP contribution in [0.1, 0.15) is 11.4 Å². The SMILES string of the molecule is FC(F)(F)Oc1ccc(-c2ccc3nnc(COCc4ccccc4)n3c2)cc1. The van der Waals surface area contributed by atoms with Crippen molar-refractivity contribution in [3.63, 3.8) is 0 Å². The van der Waals surface area contributed by atoms with E-state index in [1.165, 1.54) is 12.1 Å². The van der Waals surface area contributed by atoms with E-state index < -0.39 is 6.36 Å². The van der Waals surface area contributed by atoms with E-state index in [9.17, 15) is 13.2 Å². The molecule has 0 amide bonds. The standard InChI is InChI=1S/C21H16F3N3O2/c22-21(23,24)29-18-9-6-16(7-10-18)17-8-11-19-25-26-20(27(19)12-17)14-28-13-15-4-2-1-3-5-15/h1-12H,13-14H2. The molecule has 0 aliphatic carbocycles. The lowest BCUT2D eigenvalue weighted by Gasteiger charge is -2.10. The third-order valence-corrected chi connectivity index (χ3v) is 4.24. The first-order chi connectivity index (χ1) is 14.0. The second-order valence-corrected chi connectivity index (χ2v) is 6.31. The third-order valence-electron chi connectivity index (χ3n) is 4.24. The summed E-state index contributed by atoms with van der Waals surface area (Å²) in [5, 5.41) is 8.28. The Balaban J connectivity index is 1.50. The molecular weight excluding hydrogens is 383 g/mol. The van der Waals surface area contributed by atoms with Gasteiger partial charge in [0.1, 0.15) is 12.4 Å². The van der Waals surface area contributed by atoms with Crippen molar-refractivity contribution < 1.29 is 22.6 Å². The zero-order chi connectivity index (χ0) is 20.3. The second kappa shape index (κ2) is 7.92. The lowest BCUT2D eigenvalue weighted by atomic mass is 10.1. The Morgan fingerprint density at radius 1 is 0.793 bits per heavy atom. The summed E-state index contributed by atoms with van der Waals surface area (Å²) in [6.07, 6.45) is -2.88. The molecule has 0 radical (unpaired) electrons. The molecule has 0 fully saturated rings. The van der Waals surface area contributed by atoms with Crippen LogP contribution in [-0.4, -0.2) is 21.0 Å². The highest BCUT2D eigenvalue weighted by atomic mass is 19.4. The van der Waals surface area contributed by atoms with Crippen LogP contribution >= 0.6 is 0 Å². The van der Waals surface area contributed by atoms with E-state index in [1.54, 1.807) is 22.6 Å². The topological polar surface area (TPSA) is 48.7 Å². The number of ether oxygens (including phenoxy) is 2. The summed E-state index contributed by atoms with van der Waals surface area (Å²) in [7, 11) is 0. The number of aromatic nitrogens is 3. The number of hydrogen-bond donors (Lipinski definition) is 0. The molecule has 5 nitrogen and oxygen atoms in total. The Bertz CT molecular complexity index is 1090. The van der Waals surface area contributed by atoms with Gasteiger partial charge in [-0.2, -0.15) is 0 Å². The number of hydrogen-bond acceptors (Lipinski definition) is 4.